The number of aromatic carboxylic acids is 1. The summed E-state index contributed by atoms with van der Waals surface area (Å²) in [6.45, 7) is 1.39. The van der Waals surface area contributed by atoms with Crippen LogP contribution in [0.25, 0.3) is 0 Å². The Kier molecular flexibility index (Phi) is 3.24. The molecule has 1 aromatic rings. The van der Waals surface area contributed by atoms with Gasteiger partial charge in [0.25, 0.3) is 0 Å². The quantitative estimate of drug-likeness (QED) is 0.853. The van der Waals surface area contributed by atoms with Gasteiger partial charge in [-0.3, -0.25) is 4.79 Å². The van der Waals surface area contributed by atoms with Crippen LogP contribution >= 0.6 is 15.9 Å². The fourth-order valence-electron chi connectivity index (χ4n) is 0.939. The van der Waals surface area contributed by atoms with Crippen molar-refractivity contribution in [1.82, 2.24) is 0 Å². The number of hydrogen-bond acceptors (Lipinski definition) is 2. The number of rotatable bonds is 2. The van der Waals surface area contributed by atoms with E-state index in [4.69, 9.17) is 5.11 Å². The lowest BCUT2D eigenvalue weighted by Crippen LogP contribution is -2.07. The average Bonchev–Trinajstić information content (AvgIpc) is 2.07. The van der Waals surface area contributed by atoms with Crippen LogP contribution in [-0.2, 0) is 4.79 Å². The summed E-state index contributed by atoms with van der Waals surface area (Å²) in [4.78, 5) is 21.3. The van der Waals surface area contributed by atoms with Gasteiger partial charge in [0, 0.05) is 11.4 Å². The first-order valence-corrected chi connectivity index (χ1v) is 4.60. The Labute approximate surface area is 89.1 Å². The average molecular weight is 258 g/mol. The number of carbonyl (C=O) groups is 2. The summed E-state index contributed by atoms with van der Waals surface area (Å²) in [5.74, 6) is -1.20. The number of anilines is 1. The van der Waals surface area contributed by atoms with Gasteiger partial charge in [0.1, 0.15) is 0 Å². The van der Waals surface area contributed by atoms with Gasteiger partial charge < -0.3 is 10.4 Å². The second-order valence-electron chi connectivity index (χ2n) is 2.68. The van der Waals surface area contributed by atoms with Crippen LogP contribution in [0, 0.1) is 0 Å². The molecule has 1 aromatic carbocycles. The van der Waals surface area contributed by atoms with E-state index in [1.165, 1.54) is 25.1 Å². The zero-order valence-electron chi connectivity index (χ0n) is 7.37. The van der Waals surface area contributed by atoms with Crippen molar-refractivity contribution < 1.29 is 14.7 Å². The second-order valence-corrected chi connectivity index (χ2v) is 3.54. The third-order valence-electron chi connectivity index (χ3n) is 1.53. The molecule has 0 bridgehead atoms. The molecular formula is C9H8BrNO3. The molecule has 0 spiro atoms. The van der Waals surface area contributed by atoms with Crippen LogP contribution in [0.15, 0.2) is 22.7 Å². The third-order valence-corrected chi connectivity index (χ3v) is 2.18. The van der Waals surface area contributed by atoms with E-state index in [1.807, 2.05) is 0 Å². The molecule has 0 heterocycles. The third kappa shape index (κ3) is 2.56. The summed E-state index contributed by atoms with van der Waals surface area (Å²) >= 11 is 3.17. The van der Waals surface area contributed by atoms with Gasteiger partial charge in [-0.1, -0.05) is 0 Å². The minimum Gasteiger partial charge on any atom is -0.478 e. The lowest BCUT2D eigenvalue weighted by Gasteiger charge is -2.05. The number of carbonyl (C=O) groups excluding carboxylic acids is 1. The van der Waals surface area contributed by atoms with Crippen molar-refractivity contribution >= 4 is 33.5 Å². The molecule has 0 atom stereocenters. The maximum Gasteiger partial charge on any atom is 0.335 e. The molecule has 0 aliphatic rings. The first-order chi connectivity index (χ1) is 6.50. The molecule has 0 aliphatic carbocycles. The smallest absolute Gasteiger partial charge is 0.335 e. The molecule has 0 unspecified atom stereocenters. The lowest BCUT2D eigenvalue weighted by molar-refractivity contribution is -0.114. The molecule has 2 N–H and O–H groups in total. The van der Waals surface area contributed by atoms with Crippen molar-refractivity contribution in [2.75, 3.05) is 5.32 Å². The first-order valence-electron chi connectivity index (χ1n) is 3.81. The molecule has 14 heavy (non-hydrogen) atoms. The normalized spacial score (nSPS) is 9.57. The lowest BCUT2D eigenvalue weighted by atomic mass is 10.2. The van der Waals surface area contributed by atoms with E-state index < -0.39 is 5.97 Å². The zero-order chi connectivity index (χ0) is 10.7. The van der Waals surface area contributed by atoms with Gasteiger partial charge in [-0.05, 0) is 34.1 Å². The van der Waals surface area contributed by atoms with Crippen LogP contribution in [0.5, 0.6) is 0 Å². The Balaban J connectivity index is 3.01. The number of halogens is 1. The monoisotopic (exact) mass is 257 g/mol. The van der Waals surface area contributed by atoms with Crippen LogP contribution in [0.1, 0.15) is 17.3 Å². The van der Waals surface area contributed by atoms with E-state index in [-0.39, 0.29) is 11.5 Å². The molecule has 74 valence electrons. The SMILES string of the molecule is CC(=O)Nc1ccc(C(=O)O)cc1Br. The summed E-state index contributed by atoms with van der Waals surface area (Å²) in [7, 11) is 0. The van der Waals surface area contributed by atoms with E-state index in [1.54, 1.807) is 0 Å². The molecule has 0 saturated carbocycles. The maximum absolute atomic E-state index is 10.7. The van der Waals surface area contributed by atoms with Crippen molar-refractivity contribution in [3.63, 3.8) is 0 Å². The minimum atomic E-state index is -1.000. The number of hydrogen-bond donors (Lipinski definition) is 2. The van der Waals surface area contributed by atoms with Crippen LogP contribution in [0.4, 0.5) is 5.69 Å². The summed E-state index contributed by atoms with van der Waals surface area (Å²) < 4.78 is 0.549. The van der Waals surface area contributed by atoms with Gasteiger partial charge >= 0.3 is 5.97 Å². The Morgan fingerprint density at radius 1 is 1.43 bits per heavy atom. The number of benzene rings is 1. The predicted molar refractivity (Wildman–Crippen MR) is 55.4 cm³/mol. The fourth-order valence-corrected chi connectivity index (χ4v) is 1.42. The molecule has 0 saturated heterocycles. The van der Waals surface area contributed by atoms with Crippen molar-refractivity contribution in [2.45, 2.75) is 6.92 Å². The molecule has 1 rings (SSSR count). The molecule has 4 nitrogen and oxygen atoms in total. The van der Waals surface area contributed by atoms with E-state index in [0.717, 1.165) is 0 Å². The number of carboxylic acids is 1. The van der Waals surface area contributed by atoms with Crippen molar-refractivity contribution in [3.05, 3.63) is 28.2 Å². The highest BCUT2D eigenvalue weighted by Crippen LogP contribution is 2.23. The standard InChI is InChI=1S/C9H8BrNO3/c1-5(12)11-8-3-2-6(9(13)14)4-7(8)10/h2-4H,1H3,(H,11,12)(H,13,14). The number of carboxylic acid groups (broad SMARTS) is 1. The Morgan fingerprint density at radius 3 is 2.50 bits per heavy atom. The summed E-state index contributed by atoms with van der Waals surface area (Å²) in [6.07, 6.45) is 0. The summed E-state index contributed by atoms with van der Waals surface area (Å²) in [5, 5.41) is 11.2. The molecule has 0 fully saturated rings. The van der Waals surface area contributed by atoms with Gasteiger partial charge in [-0.15, -0.1) is 0 Å². The van der Waals surface area contributed by atoms with Gasteiger partial charge in [0.2, 0.25) is 5.91 Å². The number of amides is 1. The summed E-state index contributed by atoms with van der Waals surface area (Å²) in [5.41, 5.74) is 0.730. The van der Waals surface area contributed by atoms with E-state index >= 15 is 0 Å². The van der Waals surface area contributed by atoms with Crippen molar-refractivity contribution in [2.24, 2.45) is 0 Å². The largest absolute Gasteiger partial charge is 0.478 e. The maximum atomic E-state index is 10.7. The topological polar surface area (TPSA) is 66.4 Å². The van der Waals surface area contributed by atoms with E-state index in [9.17, 15) is 9.59 Å². The highest BCUT2D eigenvalue weighted by Gasteiger charge is 2.06. The van der Waals surface area contributed by atoms with Crippen LogP contribution in [0.3, 0.4) is 0 Å². The molecule has 0 radical (unpaired) electrons. The molecule has 1 amide bonds. The van der Waals surface area contributed by atoms with E-state index in [2.05, 4.69) is 21.2 Å². The Morgan fingerprint density at radius 2 is 2.07 bits per heavy atom. The van der Waals surface area contributed by atoms with E-state index in [0.29, 0.717) is 10.2 Å². The van der Waals surface area contributed by atoms with Gasteiger partial charge in [-0.2, -0.15) is 0 Å². The second kappa shape index (κ2) is 4.23. The molecular weight excluding hydrogens is 250 g/mol. The van der Waals surface area contributed by atoms with Crippen LogP contribution < -0.4 is 5.32 Å². The summed E-state index contributed by atoms with van der Waals surface area (Å²) in [6, 6.07) is 4.40. The highest BCUT2D eigenvalue weighted by atomic mass is 79.9. The molecule has 0 aliphatic heterocycles. The van der Waals surface area contributed by atoms with Crippen molar-refractivity contribution in [1.29, 1.82) is 0 Å². The number of nitrogens with one attached hydrogen (secondary N) is 1. The fraction of sp³-hybridized carbons (Fsp3) is 0.111. The molecule has 0 aromatic heterocycles. The minimum absolute atomic E-state index is 0.172. The highest BCUT2D eigenvalue weighted by molar-refractivity contribution is 9.10. The Bertz CT molecular complexity index is 390. The first kappa shape index (κ1) is 10.7. The molecule has 5 heteroatoms. The van der Waals surface area contributed by atoms with Crippen molar-refractivity contribution in [3.8, 4) is 0 Å². The zero-order valence-corrected chi connectivity index (χ0v) is 8.96. The van der Waals surface area contributed by atoms with Gasteiger partial charge in [0.15, 0.2) is 0 Å². The van der Waals surface area contributed by atoms with Gasteiger partial charge in [0.05, 0.1) is 11.3 Å². The Hall–Kier alpha value is -1.36. The van der Waals surface area contributed by atoms with Crippen LogP contribution in [-0.4, -0.2) is 17.0 Å². The predicted octanol–water partition coefficient (Wildman–Crippen LogP) is 2.11. The van der Waals surface area contributed by atoms with Gasteiger partial charge in [-0.25, -0.2) is 4.79 Å². The van der Waals surface area contributed by atoms with Crippen LogP contribution in [0.2, 0.25) is 0 Å².